The lowest BCUT2D eigenvalue weighted by Gasteiger charge is -2.34. The van der Waals surface area contributed by atoms with E-state index in [1.807, 2.05) is 56.3 Å². The Morgan fingerprint density at radius 1 is 0.857 bits per heavy atom. The van der Waals surface area contributed by atoms with Gasteiger partial charge in [0.15, 0.2) is 0 Å². The molecule has 0 spiro atoms. The largest absolute Gasteiger partial charge is 0.357 e. The lowest BCUT2D eigenvalue weighted by Crippen LogP contribution is -2.53. The van der Waals surface area contributed by atoms with Crippen molar-refractivity contribution < 1.29 is 18.0 Å². The summed E-state index contributed by atoms with van der Waals surface area (Å²) in [6.45, 7) is 3.22. The number of amides is 2. The van der Waals surface area contributed by atoms with E-state index in [1.165, 1.54) is 24.1 Å². The van der Waals surface area contributed by atoms with Crippen molar-refractivity contribution in [2.24, 2.45) is 0 Å². The molecule has 0 radical (unpaired) electrons. The van der Waals surface area contributed by atoms with E-state index < -0.39 is 28.5 Å². The van der Waals surface area contributed by atoms with Crippen LogP contribution in [-0.4, -0.2) is 44.8 Å². The molecule has 0 aliphatic carbocycles. The number of sulfonamides is 1. The fourth-order valence-corrected chi connectivity index (χ4v) is 6.54. The van der Waals surface area contributed by atoms with Crippen LogP contribution in [0.1, 0.15) is 22.3 Å². The van der Waals surface area contributed by atoms with Gasteiger partial charge >= 0.3 is 0 Å². The van der Waals surface area contributed by atoms with E-state index in [2.05, 4.69) is 5.32 Å². The summed E-state index contributed by atoms with van der Waals surface area (Å²) in [4.78, 5) is 29.2. The Morgan fingerprint density at radius 2 is 1.48 bits per heavy atom. The third-order valence-corrected chi connectivity index (χ3v) is 9.19. The molecule has 2 amide bonds. The molecule has 0 saturated heterocycles. The molecule has 0 heterocycles. The summed E-state index contributed by atoms with van der Waals surface area (Å²) in [5.41, 5.74) is 3.54. The van der Waals surface area contributed by atoms with E-state index in [0.29, 0.717) is 21.8 Å². The van der Waals surface area contributed by atoms with Crippen molar-refractivity contribution in [1.29, 1.82) is 0 Å². The SMILES string of the molecule is CNC(=O)[C@@H](Cc1ccccc1)N(Cc1ccccc1Cl)C(=O)CN(c1ccc(C)cc1C)S(=O)(=O)c1ccccc1. The van der Waals surface area contributed by atoms with Gasteiger partial charge in [-0.1, -0.05) is 96.0 Å². The van der Waals surface area contributed by atoms with Crippen LogP contribution in [0.4, 0.5) is 5.69 Å². The zero-order valence-corrected chi connectivity index (χ0v) is 25.4. The molecule has 0 saturated carbocycles. The Balaban J connectivity index is 1.81. The number of halogens is 1. The van der Waals surface area contributed by atoms with Crippen LogP contribution in [-0.2, 0) is 32.6 Å². The molecule has 7 nitrogen and oxygen atoms in total. The van der Waals surface area contributed by atoms with Crippen LogP contribution in [0.25, 0.3) is 0 Å². The Kier molecular flexibility index (Phi) is 10.0. The van der Waals surface area contributed by atoms with Gasteiger partial charge in [0, 0.05) is 25.0 Å². The highest BCUT2D eigenvalue weighted by Gasteiger charge is 2.35. The van der Waals surface area contributed by atoms with Crippen molar-refractivity contribution in [1.82, 2.24) is 10.2 Å². The van der Waals surface area contributed by atoms with Crippen molar-refractivity contribution in [2.45, 2.75) is 37.8 Å². The van der Waals surface area contributed by atoms with E-state index in [1.54, 1.807) is 48.5 Å². The van der Waals surface area contributed by atoms with E-state index >= 15 is 0 Å². The molecule has 4 rings (SSSR count). The molecular formula is C33H34ClN3O4S. The summed E-state index contributed by atoms with van der Waals surface area (Å²) >= 11 is 6.50. The molecular weight excluding hydrogens is 570 g/mol. The third-order valence-electron chi connectivity index (χ3n) is 7.05. The second kappa shape index (κ2) is 13.7. The molecule has 1 atom stereocenters. The number of aryl methyl sites for hydroxylation is 2. The second-order valence-electron chi connectivity index (χ2n) is 10.0. The molecule has 0 aliphatic heterocycles. The molecule has 4 aromatic carbocycles. The third kappa shape index (κ3) is 7.19. The summed E-state index contributed by atoms with van der Waals surface area (Å²) in [5.74, 6) is -0.915. The normalized spacial score (nSPS) is 11.9. The molecule has 0 fully saturated rings. The maximum absolute atomic E-state index is 14.3. The van der Waals surface area contributed by atoms with Crippen LogP contribution in [0.5, 0.6) is 0 Å². The first kappa shape index (κ1) is 30.8. The van der Waals surface area contributed by atoms with Crippen molar-refractivity contribution in [3.05, 3.63) is 130 Å². The number of likely N-dealkylation sites (N-methyl/N-ethyl adjacent to an activating group) is 1. The number of rotatable bonds is 11. The van der Waals surface area contributed by atoms with Gasteiger partial charge in [-0.15, -0.1) is 0 Å². The number of carbonyl (C=O) groups is 2. The fourth-order valence-electron chi connectivity index (χ4n) is 4.85. The smallest absolute Gasteiger partial charge is 0.264 e. The summed E-state index contributed by atoms with van der Waals surface area (Å²) in [6.07, 6.45) is 0.228. The number of anilines is 1. The molecule has 0 aromatic heterocycles. The first-order chi connectivity index (χ1) is 20.1. The predicted octanol–water partition coefficient (Wildman–Crippen LogP) is 5.54. The predicted molar refractivity (Wildman–Crippen MR) is 167 cm³/mol. The Bertz CT molecular complexity index is 1650. The van der Waals surface area contributed by atoms with Gasteiger partial charge in [-0.05, 0) is 54.8 Å². The van der Waals surface area contributed by atoms with Crippen molar-refractivity contribution in [2.75, 3.05) is 17.9 Å². The minimum absolute atomic E-state index is 0.00946. The van der Waals surface area contributed by atoms with E-state index in [4.69, 9.17) is 11.6 Å². The monoisotopic (exact) mass is 603 g/mol. The highest BCUT2D eigenvalue weighted by molar-refractivity contribution is 7.92. The van der Waals surface area contributed by atoms with Crippen LogP contribution in [0.3, 0.4) is 0 Å². The van der Waals surface area contributed by atoms with Crippen molar-refractivity contribution in [3.63, 3.8) is 0 Å². The minimum atomic E-state index is -4.15. The number of hydrogen-bond donors (Lipinski definition) is 1. The number of benzene rings is 4. The molecule has 1 N–H and O–H groups in total. The van der Waals surface area contributed by atoms with Crippen LogP contribution in [0, 0.1) is 13.8 Å². The number of carbonyl (C=O) groups excluding carboxylic acids is 2. The van der Waals surface area contributed by atoms with E-state index in [9.17, 15) is 18.0 Å². The van der Waals surface area contributed by atoms with Gasteiger partial charge in [-0.2, -0.15) is 0 Å². The Hall–Kier alpha value is -4.14. The first-order valence-electron chi connectivity index (χ1n) is 13.5. The molecule has 0 bridgehead atoms. The van der Waals surface area contributed by atoms with Gasteiger partial charge in [0.25, 0.3) is 10.0 Å². The number of nitrogens with one attached hydrogen (secondary N) is 1. The molecule has 218 valence electrons. The van der Waals surface area contributed by atoms with Crippen LogP contribution < -0.4 is 9.62 Å². The summed E-state index contributed by atoms with van der Waals surface area (Å²) in [6, 6.07) is 28.9. The standard InChI is InChI=1S/C33H34ClN3O4S/c1-24-18-19-30(25(2)20-24)37(42(40,41)28-15-8-5-9-16-28)23-32(38)36(22-27-14-10-11-17-29(27)34)31(33(39)35-3)21-26-12-6-4-7-13-26/h4-20,31H,21-23H2,1-3H3,(H,35,39)/t31-/m1/s1. The van der Waals surface area contributed by atoms with Gasteiger partial charge in [0.1, 0.15) is 12.6 Å². The Morgan fingerprint density at radius 3 is 2.10 bits per heavy atom. The molecule has 9 heteroatoms. The lowest BCUT2D eigenvalue weighted by molar-refractivity contribution is -0.139. The van der Waals surface area contributed by atoms with Crippen molar-refractivity contribution >= 4 is 39.1 Å². The molecule has 42 heavy (non-hydrogen) atoms. The van der Waals surface area contributed by atoms with Gasteiger partial charge in [0.05, 0.1) is 10.6 Å². The van der Waals surface area contributed by atoms with E-state index in [0.717, 1.165) is 15.4 Å². The Labute approximate surface area is 252 Å². The zero-order chi connectivity index (χ0) is 30.3. The molecule has 0 aliphatic rings. The zero-order valence-electron chi connectivity index (χ0n) is 23.8. The van der Waals surface area contributed by atoms with E-state index in [-0.39, 0.29) is 23.8 Å². The van der Waals surface area contributed by atoms with Gasteiger partial charge in [0.2, 0.25) is 11.8 Å². The maximum Gasteiger partial charge on any atom is 0.264 e. The second-order valence-corrected chi connectivity index (χ2v) is 12.3. The van der Waals surface area contributed by atoms with Crippen molar-refractivity contribution in [3.8, 4) is 0 Å². The van der Waals surface area contributed by atoms with Gasteiger partial charge < -0.3 is 10.2 Å². The number of nitrogens with zero attached hydrogens (tertiary/aromatic N) is 2. The van der Waals surface area contributed by atoms with Crippen LogP contribution in [0.2, 0.25) is 5.02 Å². The van der Waals surface area contributed by atoms with Crippen LogP contribution in [0.15, 0.2) is 108 Å². The average molecular weight is 604 g/mol. The van der Waals surface area contributed by atoms with Gasteiger partial charge in [-0.3, -0.25) is 13.9 Å². The quantitative estimate of drug-likeness (QED) is 0.244. The fraction of sp³-hybridized carbons (Fsp3) is 0.212. The average Bonchev–Trinajstić information content (AvgIpc) is 2.99. The topological polar surface area (TPSA) is 86.8 Å². The minimum Gasteiger partial charge on any atom is -0.357 e. The summed E-state index contributed by atoms with van der Waals surface area (Å²) in [5, 5.41) is 3.12. The summed E-state index contributed by atoms with van der Waals surface area (Å²) < 4.78 is 29.2. The molecule has 4 aromatic rings. The highest BCUT2D eigenvalue weighted by atomic mass is 35.5. The lowest BCUT2D eigenvalue weighted by atomic mass is 10.0. The first-order valence-corrected chi connectivity index (χ1v) is 15.4. The highest BCUT2D eigenvalue weighted by Crippen LogP contribution is 2.29. The van der Waals surface area contributed by atoms with Gasteiger partial charge in [-0.25, -0.2) is 8.42 Å². The van der Waals surface area contributed by atoms with Crippen LogP contribution >= 0.6 is 11.6 Å². The maximum atomic E-state index is 14.3. The summed E-state index contributed by atoms with van der Waals surface area (Å²) in [7, 11) is -2.64. The molecule has 0 unspecified atom stereocenters. The number of hydrogen-bond acceptors (Lipinski definition) is 4.